The maximum Gasteiger partial charge on any atom is 0.0700 e. The van der Waals surface area contributed by atoms with E-state index in [9.17, 15) is 0 Å². The minimum absolute atomic E-state index is 1.36. The van der Waals surface area contributed by atoms with Crippen molar-refractivity contribution >= 4 is 43.1 Å². The van der Waals surface area contributed by atoms with Gasteiger partial charge in [-0.15, -0.1) is 22.7 Å². The summed E-state index contributed by atoms with van der Waals surface area (Å²) in [4.78, 5) is 0. The zero-order chi connectivity index (χ0) is 8.13. The van der Waals surface area contributed by atoms with Crippen molar-refractivity contribution in [1.82, 2.24) is 4.57 Å². The molecule has 0 bridgehead atoms. The Hall–Kier alpha value is -0.800. The van der Waals surface area contributed by atoms with Crippen LogP contribution in [0.25, 0.3) is 20.4 Å². The number of hydrogen-bond acceptors (Lipinski definition) is 2. The Morgan fingerprint density at radius 2 is 1.50 bits per heavy atom. The standard InChI is InChI=1S/C9H7NS2/c1-10-6-2-4-11-8(6)9-7(10)3-5-12-9/h2-5H,1H3. The van der Waals surface area contributed by atoms with Crippen molar-refractivity contribution in [1.29, 1.82) is 0 Å². The lowest BCUT2D eigenvalue weighted by molar-refractivity contribution is 1.02. The molecular weight excluding hydrogens is 186 g/mol. The van der Waals surface area contributed by atoms with Gasteiger partial charge in [-0.3, -0.25) is 0 Å². The lowest BCUT2D eigenvalue weighted by atomic mass is 10.5. The molecule has 60 valence electrons. The number of rotatable bonds is 0. The van der Waals surface area contributed by atoms with E-state index < -0.39 is 0 Å². The monoisotopic (exact) mass is 193 g/mol. The van der Waals surface area contributed by atoms with Gasteiger partial charge in [0.15, 0.2) is 0 Å². The summed E-state index contributed by atoms with van der Waals surface area (Å²) in [6.45, 7) is 0. The maximum absolute atomic E-state index is 2.26. The average molecular weight is 193 g/mol. The second-order valence-corrected chi connectivity index (χ2v) is 4.66. The Morgan fingerprint density at radius 3 is 2.00 bits per heavy atom. The molecule has 3 heteroatoms. The van der Waals surface area contributed by atoms with Crippen LogP contribution in [0.4, 0.5) is 0 Å². The Labute approximate surface area is 77.9 Å². The Morgan fingerprint density at radius 1 is 1.00 bits per heavy atom. The van der Waals surface area contributed by atoms with Gasteiger partial charge in [-0.05, 0) is 22.9 Å². The van der Waals surface area contributed by atoms with Crippen molar-refractivity contribution in [2.24, 2.45) is 7.05 Å². The number of nitrogens with zero attached hydrogens (tertiary/aromatic N) is 1. The van der Waals surface area contributed by atoms with Crippen molar-refractivity contribution in [3.05, 3.63) is 22.9 Å². The number of aryl methyl sites for hydroxylation is 1. The second-order valence-electron chi connectivity index (χ2n) is 2.83. The third-order valence-electron chi connectivity index (χ3n) is 2.22. The highest BCUT2D eigenvalue weighted by molar-refractivity contribution is 7.25. The Bertz CT molecular complexity index is 493. The van der Waals surface area contributed by atoms with Crippen molar-refractivity contribution in [3.63, 3.8) is 0 Å². The zero-order valence-corrected chi connectivity index (χ0v) is 8.21. The molecule has 0 aromatic carbocycles. The first-order valence-electron chi connectivity index (χ1n) is 3.77. The summed E-state index contributed by atoms with van der Waals surface area (Å²) in [5, 5.41) is 4.31. The van der Waals surface area contributed by atoms with Crippen LogP contribution in [0.15, 0.2) is 22.9 Å². The van der Waals surface area contributed by atoms with Crippen LogP contribution in [-0.4, -0.2) is 4.57 Å². The van der Waals surface area contributed by atoms with Gasteiger partial charge in [-0.25, -0.2) is 0 Å². The molecule has 0 amide bonds. The van der Waals surface area contributed by atoms with Crippen LogP contribution in [-0.2, 0) is 7.05 Å². The van der Waals surface area contributed by atoms with E-state index in [1.165, 1.54) is 20.4 Å². The maximum atomic E-state index is 2.26. The van der Waals surface area contributed by atoms with Gasteiger partial charge in [0.1, 0.15) is 0 Å². The van der Waals surface area contributed by atoms with Gasteiger partial charge < -0.3 is 4.57 Å². The fourth-order valence-electron chi connectivity index (χ4n) is 1.60. The normalized spacial score (nSPS) is 11.8. The third-order valence-corrected chi connectivity index (χ3v) is 4.19. The van der Waals surface area contributed by atoms with Crippen LogP contribution in [0.5, 0.6) is 0 Å². The van der Waals surface area contributed by atoms with Crippen molar-refractivity contribution < 1.29 is 0 Å². The molecule has 3 aromatic rings. The summed E-state index contributed by atoms with van der Waals surface area (Å²) in [5.74, 6) is 0. The van der Waals surface area contributed by atoms with E-state index in [0.717, 1.165) is 0 Å². The van der Waals surface area contributed by atoms with Gasteiger partial charge in [-0.2, -0.15) is 0 Å². The Kier molecular flexibility index (Phi) is 1.18. The van der Waals surface area contributed by atoms with E-state index in [0.29, 0.717) is 0 Å². The van der Waals surface area contributed by atoms with Crippen molar-refractivity contribution in [2.75, 3.05) is 0 Å². The predicted molar refractivity (Wildman–Crippen MR) is 56.2 cm³/mol. The summed E-state index contributed by atoms with van der Waals surface area (Å²) in [6, 6.07) is 4.37. The molecule has 12 heavy (non-hydrogen) atoms. The molecule has 0 aliphatic carbocycles. The molecule has 3 aromatic heterocycles. The van der Waals surface area contributed by atoms with E-state index in [4.69, 9.17) is 0 Å². The van der Waals surface area contributed by atoms with Crippen LogP contribution in [0, 0.1) is 0 Å². The molecule has 0 atom stereocenters. The molecule has 0 fully saturated rings. The molecule has 0 radical (unpaired) electrons. The van der Waals surface area contributed by atoms with Crippen LogP contribution in [0.1, 0.15) is 0 Å². The first-order chi connectivity index (χ1) is 5.88. The van der Waals surface area contributed by atoms with Crippen molar-refractivity contribution in [2.45, 2.75) is 0 Å². The minimum Gasteiger partial charge on any atom is -0.342 e. The average Bonchev–Trinajstić information content (AvgIpc) is 2.72. The number of hydrogen-bond donors (Lipinski definition) is 0. The lowest BCUT2D eigenvalue weighted by Crippen LogP contribution is -1.82. The van der Waals surface area contributed by atoms with Crippen molar-refractivity contribution in [3.8, 4) is 0 Å². The number of fused-ring (bicyclic) bond motifs is 3. The van der Waals surface area contributed by atoms with E-state index in [1.54, 1.807) is 0 Å². The van der Waals surface area contributed by atoms with Gasteiger partial charge in [0, 0.05) is 7.05 Å². The van der Waals surface area contributed by atoms with Crippen LogP contribution in [0.3, 0.4) is 0 Å². The quantitative estimate of drug-likeness (QED) is 0.515. The van der Waals surface area contributed by atoms with E-state index in [-0.39, 0.29) is 0 Å². The second kappa shape index (κ2) is 2.12. The van der Waals surface area contributed by atoms with E-state index >= 15 is 0 Å². The highest BCUT2D eigenvalue weighted by Gasteiger charge is 2.08. The fraction of sp³-hybridized carbons (Fsp3) is 0.111. The molecule has 1 nitrogen and oxygen atoms in total. The Balaban J connectivity index is 2.76. The molecule has 0 spiro atoms. The molecule has 0 unspecified atom stereocenters. The third kappa shape index (κ3) is 0.635. The molecule has 0 N–H and O–H groups in total. The summed E-state index contributed by atoms with van der Waals surface area (Å²) in [7, 11) is 2.13. The van der Waals surface area contributed by atoms with Crippen LogP contribution in [0.2, 0.25) is 0 Å². The number of aromatic nitrogens is 1. The highest BCUT2D eigenvalue weighted by Crippen LogP contribution is 2.35. The van der Waals surface area contributed by atoms with Gasteiger partial charge in [0.25, 0.3) is 0 Å². The molecular formula is C9H7NS2. The molecule has 0 saturated heterocycles. The lowest BCUT2D eigenvalue weighted by Gasteiger charge is -1.90. The molecule has 0 saturated carbocycles. The summed E-state index contributed by atoms with van der Waals surface area (Å²) in [5.41, 5.74) is 2.73. The van der Waals surface area contributed by atoms with E-state index in [1.807, 2.05) is 22.7 Å². The van der Waals surface area contributed by atoms with Crippen LogP contribution < -0.4 is 0 Å². The van der Waals surface area contributed by atoms with Gasteiger partial charge in [-0.1, -0.05) is 0 Å². The smallest absolute Gasteiger partial charge is 0.0700 e. The zero-order valence-electron chi connectivity index (χ0n) is 6.57. The predicted octanol–water partition coefficient (Wildman–Crippen LogP) is 3.45. The molecule has 3 rings (SSSR count). The molecule has 3 heterocycles. The minimum atomic E-state index is 1.36. The van der Waals surface area contributed by atoms with Gasteiger partial charge >= 0.3 is 0 Å². The molecule has 0 aliphatic heterocycles. The highest BCUT2D eigenvalue weighted by atomic mass is 32.1. The largest absolute Gasteiger partial charge is 0.342 e. The van der Waals surface area contributed by atoms with E-state index in [2.05, 4.69) is 34.5 Å². The summed E-state index contributed by atoms with van der Waals surface area (Å²) >= 11 is 3.66. The van der Waals surface area contributed by atoms with Gasteiger partial charge in [0.2, 0.25) is 0 Å². The first kappa shape index (κ1) is 6.69. The number of thiophene rings is 2. The SMILES string of the molecule is Cn1c2ccsc2c2sccc21. The topological polar surface area (TPSA) is 4.93 Å². The first-order valence-corrected chi connectivity index (χ1v) is 5.53. The van der Waals surface area contributed by atoms with Crippen LogP contribution >= 0.6 is 22.7 Å². The molecule has 0 aliphatic rings. The van der Waals surface area contributed by atoms with Gasteiger partial charge in [0.05, 0.1) is 20.4 Å². The summed E-state index contributed by atoms with van der Waals surface area (Å²) in [6.07, 6.45) is 0. The summed E-state index contributed by atoms with van der Waals surface area (Å²) < 4.78 is 5.13. The fourth-order valence-corrected chi connectivity index (χ4v) is 3.63.